The van der Waals surface area contributed by atoms with E-state index in [1.54, 1.807) is 0 Å². The molecule has 0 aromatic heterocycles. The summed E-state index contributed by atoms with van der Waals surface area (Å²) in [5.74, 6) is 0.628. The van der Waals surface area contributed by atoms with E-state index >= 15 is 0 Å². The van der Waals surface area contributed by atoms with Crippen LogP contribution in [-0.4, -0.2) is 25.0 Å². The first kappa shape index (κ1) is 15.7. The number of rotatable bonds is 7. The van der Waals surface area contributed by atoms with Crippen molar-refractivity contribution in [1.29, 1.82) is 0 Å². The smallest absolute Gasteiger partial charge is 0.233 e. The number of hydrogen-bond acceptors (Lipinski definition) is 2. The molecule has 0 saturated carbocycles. The second-order valence-corrected chi connectivity index (χ2v) is 5.53. The van der Waals surface area contributed by atoms with E-state index in [0.717, 1.165) is 6.42 Å². The van der Waals surface area contributed by atoms with Crippen molar-refractivity contribution >= 4 is 5.91 Å². The largest absolute Gasteiger partial charge is 0.355 e. The van der Waals surface area contributed by atoms with Gasteiger partial charge in [-0.1, -0.05) is 52.0 Å². The molecule has 0 unspecified atom stereocenters. The molecular formula is C16H26N2O. The summed E-state index contributed by atoms with van der Waals surface area (Å²) in [6, 6.07) is 8.97. The third-order valence-corrected chi connectivity index (χ3v) is 3.05. The van der Waals surface area contributed by atoms with E-state index in [1.807, 2.05) is 13.8 Å². The van der Waals surface area contributed by atoms with Crippen molar-refractivity contribution in [2.24, 2.45) is 0 Å². The molecule has 0 aliphatic carbocycles. The summed E-state index contributed by atoms with van der Waals surface area (Å²) in [6.45, 7) is 9.53. The molecule has 0 aliphatic rings. The van der Waals surface area contributed by atoms with Crippen LogP contribution in [0.4, 0.5) is 0 Å². The Balaban J connectivity index is 2.27. The van der Waals surface area contributed by atoms with Gasteiger partial charge in [0.1, 0.15) is 0 Å². The minimum Gasteiger partial charge on any atom is -0.355 e. The Morgan fingerprint density at radius 3 is 2.26 bits per heavy atom. The highest BCUT2D eigenvalue weighted by molar-refractivity contribution is 5.77. The van der Waals surface area contributed by atoms with Gasteiger partial charge in [-0.2, -0.15) is 0 Å². The molecule has 1 amide bonds. The molecule has 2 N–H and O–H groups in total. The summed E-state index contributed by atoms with van der Waals surface area (Å²) in [6.07, 6.45) is 0.881. The van der Waals surface area contributed by atoms with E-state index in [4.69, 9.17) is 0 Å². The van der Waals surface area contributed by atoms with Crippen LogP contribution in [0.5, 0.6) is 0 Å². The maximum absolute atomic E-state index is 11.5. The van der Waals surface area contributed by atoms with E-state index in [2.05, 4.69) is 48.7 Å². The molecule has 1 aromatic rings. The van der Waals surface area contributed by atoms with E-state index in [9.17, 15) is 4.79 Å². The molecule has 1 rings (SSSR count). The van der Waals surface area contributed by atoms with Gasteiger partial charge in [-0.15, -0.1) is 0 Å². The Hall–Kier alpha value is -1.35. The van der Waals surface area contributed by atoms with Gasteiger partial charge in [-0.05, 0) is 23.5 Å². The molecule has 19 heavy (non-hydrogen) atoms. The van der Waals surface area contributed by atoms with Crippen molar-refractivity contribution in [3.8, 4) is 0 Å². The molecule has 3 heteroatoms. The normalized spacial score (nSPS) is 11.1. The van der Waals surface area contributed by atoms with Crippen LogP contribution < -0.4 is 10.6 Å². The molecule has 0 atom stereocenters. The van der Waals surface area contributed by atoms with Crippen molar-refractivity contribution in [2.45, 2.75) is 46.1 Å². The predicted octanol–water partition coefficient (Wildman–Crippen LogP) is 2.47. The van der Waals surface area contributed by atoms with Crippen LogP contribution in [0.2, 0.25) is 0 Å². The van der Waals surface area contributed by atoms with Gasteiger partial charge >= 0.3 is 0 Å². The van der Waals surface area contributed by atoms with Crippen LogP contribution in [0.15, 0.2) is 24.3 Å². The molecule has 0 spiro atoms. The topological polar surface area (TPSA) is 41.1 Å². The fraction of sp³-hybridized carbons (Fsp3) is 0.562. The summed E-state index contributed by atoms with van der Waals surface area (Å²) < 4.78 is 0. The molecular weight excluding hydrogens is 236 g/mol. The molecule has 3 nitrogen and oxygen atoms in total. The average molecular weight is 262 g/mol. The average Bonchev–Trinajstić information content (AvgIpc) is 2.37. The fourth-order valence-electron chi connectivity index (χ4n) is 1.77. The summed E-state index contributed by atoms with van der Waals surface area (Å²) in [7, 11) is 0. The lowest BCUT2D eigenvalue weighted by molar-refractivity contribution is -0.120. The van der Waals surface area contributed by atoms with Crippen LogP contribution >= 0.6 is 0 Å². The lowest BCUT2D eigenvalue weighted by Gasteiger charge is -2.09. The Morgan fingerprint density at radius 1 is 1.11 bits per heavy atom. The Kier molecular flexibility index (Phi) is 6.57. The van der Waals surface area contributed by atoms with Gasteiger partial charge in [-0.3, -0.25) is 4.79 Å². The Morgan fingerprint density at radius 2 is 1.74 bits per heavy atom. The van der Waals surface area contributed by atoms with Gasteiger partial charge in [0.25, 0.3) is 0 Å². The molecule has 0 radical (unpaired) electrons. The molecule has 0 fully saturated rings. The maximum Gasteiger partial charge on any atom is 0.233 e. The Bertz CT molecular complexity index is 382. The highest BCUT2D eigenvalue weighted by Crippen LogP contribution is 2.14. The van der Waals surface area contributed by atoms with Gasteiger partial charge in [0.2, 0.25) is 5.91 Å². The van der Waals surface area contributed by atoms with Crippen LogP contribution in [0, 0.1) is 0 Å². The zero-order valence-electron chi connectivity index (χ0n) is 12.5. The quantitative estimate of drug-likeness (QED) is 0.792. The molecule has 0 bridgehead atoms. The first-order chi connectivity index (χ1) is 8.99. The molecule has 0 aliphatic heterocycles. The van der Waals surface area contributed by atoms with Crippen LogP contribution in [0.3, 0.4) is 0 Å². The van der Waals surface area contributed by atoms with Crippen molar-refractivity contribution in [3.63, 3.8) is 0 Å². The second kappa shape index (κ2) is 7.95. The predicted molar refractivity (Wildman–Crippen MR) is 80.4 cm³/mol. The highest BCUT2D eigenvalue weighted by atomic mass is 16.1. The fourth-order valence-corrected chi connectivity index (χ4v) is 1.77. The summed E-state index contributed by atoms with van der Waals surface area (Å²) in [5, 5.41) is 6.02. The standard InChI is InChI=1S/C16H26N2O/c1-12(2)15-7-5-14(6-8-15)9-10-17-16(19)11-18-13(3)4/h5-8,12-13,18H,9-11H2,1-4H3,(H,17,19). The first-order valence-electron chi connectivity index (χ1n) is 7.08. The minimum atomic E-state index is 0.0625. The maximum atomic E-state index is 11.5. The van der Waals surface area contributed by atoms with Crippen molar-refractivity contribution < 1.29 is 4.79 Å². The van der Waals surface area contributed by atoms with Crippen molar-refractivity contribution in [2.75, 3.05) is 13.1 Å². The zero-order valence-corrected chi connectivity index (χ0v) is 12.5. The van der Waals surface area contributed by atoms with E-state index in [1.165, 1.54) is 11.1 Å². The van der Waals surface area contributed by atoms with Crippen LogP contribution in [0.25, 0.3) is 0 Å². The summed E-state index contributed by atoms with van der Waals surface area (Å²) in [4.78, 5) is 11.5. The number of benzene rings is 1. The third-order valence-electron chi connectivity index (χ3n) is 3.05. The minimum absolute atomic E-state index is 0.0625. The van der Waals surface area contributed by atoms with Gasteiger partial charge < -0.3 is 10.6 Å². The SMILES string of the molecule is CC(C)NCC(=O)NCCc1ccc(C(C)C)cc1. The summed E-state index contributed by atoms with van der Waals surface area (Å²) in [5.41, 5.74) is 2.62. The number of hydrogen-bond donors (Lipinski definition) is 2. The van der Waals surface area contributed by atoms with Crippen molar-refractivity contribution in [3.05, 3.63) is 35.4 Å². The van der Waals surface area contributed by atoms with E-state index < -0.39 is 0 Å². The number of carbonyl (C=O) groups is 1. The zero-order chi connectivity index (χ0) is 14.3. The van der Waals surface area contributed by atoms with E-state index in [0.29, 0.717) is 25.0 Å². The number of amides is 1. The third kappa shape index (κ3) is 6.39. The lowest BCUT2D eigenvalue weighted by Crippen LogP contribution is -2.37. The van der Waals surface area contributed by atoms with Gasteiger partial charge in [0, 0.05) is 12.6 Å². The highest BCUT2D eigenvalue weighted by Gasteiger charge is 2.02. The van der Waals surface area contributed by atoms with Gasteiger partial charge in [0.05, 0.1) is 6.54 Å². The monoisotopic (exact) mass is 262 g/mol. The summed E-state index contributed by atoms with van der Waals surface area (Å²) >= 11 is 0. The molecule has 106 valence electrons. The van der Waals surface area contributed by atoms with Crippen molar-refractivity contribution in [1.82, 2.24) is 10.6 Å². The van der Waals surface area contributed by atoms with E-state index in [-0.39, 0.29) is 5.91 Å². The molecule has 1 aromatic carbocycles. The van der Waals surface area contributed by atoms with Gasteiger partial charge in [0.15, 0.2) is 0 Å². The van der Waals surface area contributed by atoms with Crippen LogP contribution in [-0.2, 0) is 11.2 Å². The van der Waals surface area contributed by atoms with Gasteiger partial charge in [-0.25, -0.2) is 0 Å². The first-order valence-corrected chi connectivity index (χ1v) is 7.08. The number of carbonyl (C=O) groups excluding carboxylic acids is 1. The lowest BCUT2D eigenvalue weighted by atomic mass is 10.0. The molecule has 0 heterocycles. The Labute approximate surface area is 116 Å². The molecule has 0 saturated heterocycles. The second-order valence-electron chi connectivity index (χ2n) is 5.53. The number of nitrogens with one attached hydrogen (secondary N) is 2. The van der Waals surface area contributed by atoms with Crippen LogP contribution in [0.1, 0.15) is 44.7 Å².